The molecule has 0 amide bonds. The lowest BCUT2D eigenvalue weighted by Gasteiger charge is -2.21. The minimum atomic E-state index is -0.340. The van der Waals surface area contributed by atoms with Crippen molar-refractivity contribution in [3.63, 3.8) is 0 Å². The molecular weight excluding hydrogens is 279 g/mol. The molecule has 0 saturated carbocycles. The monoisotopic (exact) mass is 308 g/mol. The molecule has 1 aliphatic heterocycles. The molecular formula is C16H29BN2O3. The number of nitrogens with zero attached hydrogens (tertiary/aromatic N) is 2. The summed E-state index contributed by atoms with van der Waals surface area (Å²) in [5.74, 6) is 0. The van der Waals surface area contributed by atoms with E-state index in [0.29, 0.717) is 12.1 Å². The van der Waals surface area contributed by atoms with Crippen molar-refractivity contribution in [3.8, 4) is 0 Å². The first-order valence-corrected chi connectivity index (χ1v) is 8.03. The minimum absolute atomic E-state index is 0.0586. The highest BCUT2D eigenvalue weighted by Crippen LogP contribution is 2.27. The smallest absolute Gasteiger partial charge is 0.402 e. The summed E-state index contributed by atoms with van der Waals surface area (Å²) in [5.41, 5.74) is 1.92. The van der Waals surface area contributed by atoms with Crippen LogP contribution < -0.4 is 5.46 Å². The van der Waals surface area contributed by atoms with E-state index >= 15 is 0 Å². The molecule has 124 valence electrons. The molecule has 1 aliphatic rings. The first-order chi connectivity index (χ1) is 10.1. The van der Waals surface area contributed by atoms with Crippen LogP contribution in [0.1, 0.15) is 53.7 Å². The van der Waals surface area contributed by atoms with Crippen LogP contribution >= 0.6 is 0 Å². The van der Waals surface area contributed by atoms with Crippen molar-refractivity contribution in [3.05, 3.63) is 11.9 Å². The number of hydrogen-bond acceptors (Lipinski definition) is 4. The molecule has 2 heterocycles. The Balaban J connectivity index is 1.92. The normalized spacial score (nSPS) is 21.6. The first-order valence-electron chi connectivity index (χ1n) is 8.03. The van der Waals surface area contributed by atoms with Gasteiger partial charge in [-0.3, -0.25) is 0 Å². The molecule has 1 unspecified atom stereocenters. The van der Waals surface area contributed by atoms with Gasteiger partial charge in [-0.05, 0) is 39.5 Å². The summed E-state index contributed by atoms with van der Waals surface area (Å²) in [5, 5.41) is 4.49. The summed E-state index contributed by atoms with van der Waals surface area (Å²) in [7, 11) is -0.340. The van der Waals surface area contributed by atoms with Crippen molar-refractivity contribution in [2.24, 2.45) is 5.41 Å². The standard InChI is InChI=1S/C16H29BN2O3/c1-12-14(17-21-13(2)16(6,7)22-17)10-19(18-12)11-20-9-8-15(3,4)5/h10,13H,8-9,11H2,1-7H3. The molecule has 0 N–H and O–H groups in total. The number of aromatic nitrogens is 2. The second-order valence-electron chi connectivity index (χ2n) is 7.89. The molecule has 0 radical (unpaired) electrons. The zero-order chi connectivity index (χ0) is 16.5. The van der Waals surface area contributed by atoms with Gasteiger partial charge in [-0.2, -0.15) is 5.10 Å². The second kappa shape index (κ2) is 6.34. The van der Waals surface area contributed by atoms with Crippen molar-refractivity contribution in [2.75, 3.05) is 6.61 Å². The molecule has 0 bridgehead atoms. The quantitative estimate of drug-likeness (QED) is 0.619. The van der Waals surface area contributed by atoms with Gasteiger partial charge in [0.25, 0.3) is 0 Å². The number of hydrogen-bond donors (Lipinski definition) is 0. The van der Waals surface area contributed by atoms with Gasteiger partial charge < -0.3 is 14.0 Å². The SMILES string of the molecule is Cc1nn(COCCC(C)(C)C)cc1B1OC(C)C(C)(C)O1. The maximum Gasteiger partial charge on any atom is 0.498 e. The fourth-order valence-corrected chi connectivity index (χ4v) is 2.25. The van der Waals surface area contributed by atoms with Crippen molar-refractivity contribution in [1.29, 1.82) is 0 Å². The van der Waals surface area contributed by atoms with E-state index in [-0.39, 0.29) is 18.8 Å². The van der Waals surface area contributed by atoms with E-state index in [1.165, 1.54) is 0 Å². The van der Waals surface area contributed by atoms with E-state index in [4.69, 9.17) is 14.0 Å². The highest BCUT2D eigenvalue weighted by molar-refractivity contribution is 6.62. The van der Waals surface area contributed by atoms with Gasteiger partial charge in [0.05, 0.1) is 17.4 Å². The Labute approximate surface area is 134 Å². The molecule has 2 rings (SSSR count). The van der Waals surface area contributed by atoms with Crippen LogP contribution in [-0.2, 0) is 20.8 Å². The van der Waals surface area contributed by atoms with Crippen LogP contribution in [0.4, 0.5) is 0 Å². The topological polar surface area (TPSA) is 45.5 Å². The maximum atomic E-state index is 6.00. The highest BCUT2D eigenvalue weighted by atomic mass is 16.7. The molecule has 1 fully saturated rings. The van der Waals surface area contributed by atoms with E-state index in [1.54, 1.807) is 0 Å². The predicted octanol–water partition coefficient (Wildman–Crippen LogP) is 2.51. The summed E-state index contributed by atoms with van der Waals surface area (Å²) < 4.78 is 19.4. The third-order valence-electron chi connectivity index (χ3n) is 4.18. The van der Waals surface area contributed by atoms with Crippen LogP contribution in [0.25, 0.3) is 0 Å². The van der Waals surface area contributed by atoms with Gasteiger partial charge in [0.15, 0.2) is 0 Å². The van der Waals surface area contributed by atoms with Crippen LogP contribution in [0.3, 0.4) is 0 Å². The molecule has 1 saturated heterocycles. The van der Waals surface area contributed by atoms with E-state index in [2.05, 4.69) is 25.9 Å². The van der Waals surface area contributed by atoms with Crippen LogP contribution in [0, 0.1) is 12.3 Å². The van der Waals surface area contributed by atoms with Crippen LogP contribution in [0.2, 0.25) is 0 Å². The molecule has 0 aromatic carbocycles. The van der Waals surface area contributed by atoms with Crippen molar-refractivity contribution >= 4 is 12.6 Å². The van der Waals surface area contributed by atoms with Crippen LogP contribution in [0.15, 0.2) is 6.20 Å². The Morgan fingerprint density at radius 1 is 1.41 bits per heavy atom. The van der Waals surface area contributed by atoms with Gasteiger partial charge in [0.2, 0.25) is 0 Å². The van der Waals surface area contributed by atoms with Gasteiger partial charge in [-0.1, -0.05) is 20.8 Å². The molecule has 1 aromatic rings. The third kappa shape index (κ3) is 4.34. The second-order valence-corrected chi connectivity index (χ2v) is 7.89. The van der Waals surface area contributed by atoms with Crippen molar-refractivity contribution in [2.45, 2.75) is 73.3 Å². The Kier molecular flexibility index (Phi) is 5.04. The molecule has 6 heteroatoms. The Morgan fingerprint density at radius 3 is 2.64 bits per heavy atom. The molecule has 5 nitrogen and oxygen atoms in total. The molecule has 22 heavy (non-hydrogen) atoms. The zero-order valence-electron chi connectivity index (χ0n) is 15.0. The zero-order valence-corrected chi connectivity index (χ0v) is 15.0. The summed E-state index contributed by atoms with van der Waals surface area (Å²) in [6, 6.07) is 0. The van der Waals surface area contributed by atoms with Crippen molar-refractivity contribution in [1.82, 2.24) is 9.78 Å². The summed E-state index contributed by atoms with van der Waals surface area (Å²) >= 11 is 0. The summed E-state index contributed by atoms with van der Waals surface area (Å²) in [4.78, 5) is 0. The van der Waals surface area contributed by atoms with Crippen LogP contribution in [0.5, 0.6) is 0 Å². The average molecular weight is 308 g/mol. The van der Waals surface area contributed by atoms with E-state index < -0.39 is 0 Å². The van der Waals surface area contributed by atoms with Gasteiger partial charge in [0.1, 0.15) is 6.73 Å². The Bertz CT molecular complexity index is 508. The fourth-order valence-electron chi connectivity index (χ4n) is 2.25. The van der Waals surface area contributed by atoms with E-state index in [0.717, 1.165) is 24.2 Å². The molecule has 0 aliphatic carbocycles. The molecule has 1 atom stereocenters. The summed E-state index contributed by atoms with van der Waals surface area (Å²) in [6.45, 7) is 15.9. The lowest BCUT2D eigenvalue weighted by molar-refractivity contribution is 0.0517. The number of rotatable bonds is 5. The Morgan fingerprint density at radius 2 is 2.09 bits per heavy atom. The number of ether oxygens (including phenoxy) is 1. The van der Waals surface area contributed by atoms with E-state index in [1.807, 2.05) is 38.6 Å². The summed E-state index contributed by atoms with van der Waals surface area (Å²) in [6.07, 6.45) is 3.05. The molecule has 0 spiro atoms. The average Bonchev–Trinajstić information content (AvgIpc) is 2.85. The molecule has 1 aromatic heterocycles. The predicted molar refractivity (Wildman–Crippen MR) is 88.1 cm³/mol. The largest absolute Gasteiger partial charge is 0.498 e. The van der Waals surface area contributed by atoms with Gasteiger partial charge in [-0.15, -0.1) is 0 Å². The van der Waals surface area contributed by atoms with Gasteiger partial charge >= 0.3 is 7.12 Å². The maximum absolute atomic E-state index is 6.00. The number of aryl methyl sites for hydroxylation is 1. The minimum Gasteiger partial charge on any atom is -0.402 e. The first kappa shape index (κ1) is 17.5. The van der Waals surface area contributed by atoms with Gasteiger partial charge in [-0.25, -0.2) is 4.68 Å². The lowest BCUT2D eigenvalue weighted by atomic mass is 9.79. The lowest BCUT2D eigenvalue weighted by Crippen LogP contribution is -2.35. The van der Waals surface area contributed by atoms with Crippen LogP contribution in [-0.4, -0.2) is 35.2 Å². The Hall–Kier alpha value is -0.845. The fraction of sp³-hybridized carbons (Fsp3) is 0.812. The van der Waals surface area contributed by atoms with E-state index in [9.17, 15) is 0 Å². The highest BCUT2D eigenvalue weighted by Gasteiger charge is 2.45. The van der Waals surface area contributed by atoms with Gasteiger partial charge in [0, 0.05) is 18.3 Å². The third-order valence-corrected chi connectivity index (χ3v) is 4.18. The van der Waals surface area contributed by atoms with Crippen molar-refractivity contribution < 1.29 is 14.0 Å².